The maximum absolute atomic E-state index is 11.9. The molecule has 5 nitrogen and oxygen atoms in total. The lowest BCUT2D eigenvalue weighted by molar-refractivity contribution is 0.674. The second kappa shape index (κ2) is 6.70. The Morgan fingerprint density at radius 1 is 1.16 bits per heavy atom. The summed E-state index contributed by atoms with van der Waals surface area (Å²) >= 11 is 0.959. The standard InChI is InChI=1S/C12H15N3O2S.ClH/c1-2-15-11(16)14(12(17)18-15)8-10-5-3-9(7-13)4-6-10;/h3-6H,2,7-8,13H2,1H3;1H. The second-order valence-electron chi connectivity index (χ2n) is 3.94. The van der Waals surface area contributed by atoms with Crippen LogP contribution in [0.4, 0.5) is 0 Å². The van der Waals surface area contributed by atoms with E-state index in [0.29, 0.717) is 19.6 Å². The molecule has 1 heterocycles. The van der Waals surface area contributed by atoms with Crippen LogP contribution in [0.5, 0.6) is 0 Å². The second-order valence-corrected chi connectivity index (χ2v) is 4.91. The third-order valence-electron chi connectivity index (χ3n) is 2.74. The van der Waals surface area contributed by atoms with E-state index >= 15 is 0 Å². The molecule has 0 spiro atoms. The first-order chi connectivity index (χ1) is 8.65. The predicted molar refractivity (Wildman–Crippen MR) is 79.2 cm³/mol. The minimum absolute atomic E-state index is 0. The third kappa shape index (κ3) is 3.34. The highest BCUT2D eigenvalue weighted by atomic mass is 35.5. The van der Waals surface area contributed by atoms with Gasteiger partial charge in [-0.25, -0.2) is 13.3 Å². The molecular weight excluding hydrogens is 286 g/mol. The van der Waals surface area contributed by atoms with E-state index in [9.17, 15) is 9.59 Å². The first-order valence-electron chi connectivity index (χ1n) is 5.74. The highest BCUT2D eigenvalue weighted by Crippen LogP contribution is 2.04. The van der Waals surface area contributed by atoms with E-state index < -0.39 is 0 Å². The SMILES string of the molecule is CCn1sc(=O)n(Cc2ccc(CN)cc2)c1=O.Cl. The van der Waals surface area contributed by atoms with Gasteiger partial charge in [0.25, 0.3) is 0 Å². The molecule has 0 saturated heterocycles. The van der Waals surface area contributed by atoms with Crippen molar-refractivity contribution < 1.29 is 0 Å². The molecule has 2 rings (SSSR count). The summed E-state index contributed by atoms with van der Waals surface area (Å²) in [6, 6.07) is 7.60. The Balaban J connectivity index is 0.00000180. The Bertz CT molecular complexity index is 642. The van der Waals surface area contributed by atoms with Gasteiger partial charge in [0.15, 0.2) is 0 Å². The van der Waals surface area contributed by atoms with E-state index in [-0.39, 0.29) is 23.0 Å². The smallest absolute Gasteiger partial charge is 0.326 e. The fraction of sp³-hybridized carbons (Fsp3) is 0.333. The van der Waals surface area contributed by atoms with Gasteiger partial charge in [0.2, 0.25) is 0 Å². The van der Waals surface area contributed by atoms with E-state index in [2.05, 4.69) is 0 Å². The van der Waals surface area contributed by atoms with Crippen molar-refractivity contribution in [1.29, 1.82) is 0 Å². The number of aromatic nitrogens is 2. The number of nitrogens with zero attached hydrogens (tertiary/aromatic N) is 2. The van der Waals surface area contributed by atoms with Crippen molar-refractivity contribution in [1.82, 2.24) is 8.52 Å². The van der Waals surface area contributed by atoms with Gasteiger partial charge in [-0.2, -0.15) is 0 Å². The van der Waals surface area contributed by atoms with Gasteiger partial charge in [-0.05, 0) is 18.1 Å². The van der Waals surface area contributed by atoms with E-state index in [1.807, 2.05) is 31.2 Å². The van der Waals surface area contributed by atoms with Gasteiger partial charge in [-0.3, -0.25) is 4.79 Å². The minimum Gasteiger partial charge on any atom is -0.326 e. The quantitative estimate of drug-likeness (QED) is 0.916. The number of hydrogen-bond acceptors (Lipinski definition) is 4. The zero-order valence-electron chi connectivity index (χ0n) is 10.5. The molecule has 0 aliphatic rings. The molecular formula is C12H16ClN3O2S. The topological polar surface area (TPSA) is 70.0 Å². The van der Waals surface area contributed by atoms with Crippen molar-refractivity contribution in [2.45, 2.75) is 26.6 Å². The molecule has 19 heavy (non-hydrogen) atoms. The Morgan fingerprint density at radius 2 is 1.74 bits per heavy atom. The van der Waals surface area contributed by atoms with Crippen LogP contribution in [0, 0.1) is 0 Å². The molecule has 1 aromatic heterocycles. The van der Waals surface area contributed by atoms with Crippen LogP contribution in [-0.4, -0.2) is 8.52 Å². The summed E-state index contributed by atoms with van der Waals surface area (Å²) < 4.78 is 2.71. The van der Waals surface area contributed by atoms with Crippen LogP contribution in [0.25, 0.3) is 0 Å². The van der Waals surface area contributed by atoms with Crippen molar-refractivity contribution >= 4 is 23.9 Å². The van der Waals surface area contributed by atoms with Crippen molar-refractivity contribution in [3.63, 3.8) is 0 Å². The highest BCUT2D eigenvalue weighted by molar-refractivity contribution is 7.03. The molecule has 2 aromatic rings. The Hall–Kier alpha value is -1.37. The lowest BCUT2D eigenvalue weighted by Gasteiger charge is -2.02. The van der Waals surface area contributed by atoms with Gasteiger partial charge >= 0.3 is 10.6 Å². The van der Waals surface area contributed by atoms with Gasteiger partial charge in [0.05, 0.1) is 6.54 Å². The van der Waals surface area contributed by atoms with Gasteiger partial charge < -0.3 is 5.73 Å². The molecule has 0 saturated carbocycles. The predicted octanol–water partition coefficient (Wildman–Crippen LogP) is 1.02. The van der Waals surface area contributed by atoms with E-state index in [1.54, 1.807) is 0 Å². The fourth-order valence-corrected chi connectivity index (χ4v) is 2.43. The molecule has 7 heteroatoms. The largest absolute Gasteiger partial charge is 0.341 e. The summed E-state index contributed by atoms with van der Waals surface area (Å²) in [6.07, 6.45) is 0. The zero-order valence-corrected chi connectivity index (χ0v) is 12.2. The van der Waals surface area contributed by atoms with Crippen LogP contribution < -0.4 is 16.3 Å². The van der Waals surface area contributed by atoms with E-state index in [4.69, 9.17) is 5.73 Å². The molecule has 0 unspecified atom stereocenters. The zero-order chi connectivity index (χ0) is 13.1. The van der Waals surface area contributed by atoms with Gasteiger partial charge in [0.1, 0.15) is 0 Å². The van der Waals surface area contributed by atoms with Crippen molar-refractivity contribution in [2.24, 2.45) is 5.73 Å². The molecule has 0 fully saturated rings. The van der Waals surface area contributed by atoms with Crippen LogP contribution in [-0.2, 0) is 19.6 Å². The molecule has 0 atom stereocenters. The normalized spacial score (nSPS) is 10.2. The number of halogens is 1. The van der Waals surface area contributed by atoms with Crippen molar-refractivity contribution in [3.8, 4) is 0 Å². The maximum atomic E-state index is 11.9. The lowest BCUT2D eigenvalue weighted by Crippen LogP contribution is -2.29. The first-order valence-corrected chi connectivity index (χ1v) is 6.52. The molecule has 2 N–H and O–H groups in total. The van der Waals surface area contributed by atoms with Crippen molar-refractivity contribution in [3.05, 3.63) is 55.5 Å². The molecule has 0 amide bonds. The fourth-order valence-electron chi connectivity index (χ4n) is 1.69. The Kier molecular flexibility index (Phi) is 5.53. The molecule has 0 aliphatic heterocycles. The van der Waals surface area contributed by atoms with Gasteiger partial charge in [-0.1, -0.05) is 24.3 Å². The number of nitrogens with two attached hydrogens (primary N) is 1. The average Bonchev–Trinajstić information content (AvgIpc) is 2.67. The van der Waals surface area contributed by atoms with Crippen LogP contribution in [0.3, 0.4) is 0 Å². The highest BCUT2D eigenvalue weighted by Gasteiger charge is 2.08. The number of aryl methyl sites for hydroxylation is 1. The van der Waals surface area contributed by atoms with Gasteiger partial charge in [0, 0.05) is 24.6 Å². The molecule has 0 radical (unpaired) electrons. The Labute approximate surface area is 120 Å². The van der Waals surface area contributed by atoms with Crippen molar-refractivity contribution in [2.75, 3.05) is 0 Å². The monoisotopic (exact) mass is 301 g/mol. The van der Waals surface area contributed by atoms with Crippen LogP contribution >= 0.6 is 23.9 Å². The van der Waals surface area contributed by atoms with E-state index in [0.717, 1.165) is 22.7 Å². The average molecular weight is 302 g/mol. The maximum Gasteiger partial charge on any atom is 0.341 e. The molecule has 1 aromatic carbocycles. The molecule has 0 aliphatic carbocycles. The van der Waals surface area contributed by atoms with E-state index in [1.165, 1.54) is 8.52 Å². The van der Waals surface area contributed by atoms with Crippen LogP contribution in [0.1, 0.15) is 18.1 Å². The number of benzene rings is 1. The summed E-state index contributed by atoms with van der Waals surface area (Å²) in [4.78, 5) is 23.3. The Morgan fingerprint density at radius 3 is 2.21 bits per heavy atom. The van der Waals surface area contributed by atoms with Gasteiger partial charge in [-0.15, -0.1) is 12.4 Å². The number of hydrogen-bond donors (Lipinski definition) is 1. The minimum atomic E-state index is -0.240. The summed E-state index contributed by atoms with van der Waals surface area (Å²) in [7, 11) is 0. The van der Waals surface area contributed by atoms with Crippen LogP contribution in [0.2, 0.25) is 0 Å². The number of rotatable bonds is 4. The van der Waals surface area contributed by atoms with Crippen LogP contribution in [0.15, 0.2) is 33.9 Å². The first kappa shape index (κ1) is 15.7. The third-order valence-corrected chi connectivity index (χ3v) is 3.75. The summed E-state index contributed by atoms with van der Waals surface area (Å²) in [5, 5.41) is 0. The lowest BCUT2D eigenvalue weighted by atomic mass is 10.1. The summed E-state index contributed by atoms with van der Waals surface area (Å²) in [5.41, 5.74) is 7.23. The molecule has 104 valence electrons. The summed E-state index contributed by atoms with van der Waals surface area (Å²) in [6.45, 7) is 3.17. The molecule has 0 bridgehead atoms. The summed E-state index contributed by atoms with van der Waals surface area (Å²) in [5.74, 6) is 0.